The molecule has 1 rings (SSSR count). The Kier molecular flexibility index (Phi) is 7.75. The predicted octanol–water partition coefficient (Wildman–Crippen LogP) is 2.72. The van der Waals surface area contributed by atoms with Gasteiger partial charge in [-0.05, 0) is 37.1 Å². The number of hydrogen-bond acceptors (Lipinski definition) is 3. The van der Waals surface area contributed by atoms with Crippen molar-refractivity contribution in [1.82, 2.24) is 5.32 Å². The largest absolute Gasteiger partial charge is 0.494 e. The zero-order valence-corrected chi connectivity index (χ0v) is 13.0. The predicted molar refractivity (Wildman–Crippen MR) is 82.1 cm³/mol. The van der Waals surface area contributed by atoms with E-state index in [1.54, 1.807) is 6.26 Å². The first-order chi connectivity index (χ1) is 9.13. The molecule has 0 spiro atoms. The Labute approximate surface area is 119 Å². The fourth-order valence-corrected chi connectivity index (χ4v) is 2.12. The van der Waals surface area contributed by atoms with Crippen molar-refractivity contribution in [3.8, 4) is 5.75 Å². The van der Waals surface area contributed by atoms with Gasteiger partial charge in [-0.25, -0.2) is 0 Å². The maximum absolute atomic E-state index is 11.2. The van der Waals surface area contributed by atoms with Gasteiger partial charge in [-0.3, -0.25) is 4.21 Å². The third-order valence-corrected chi connectivity index (χ3v) is 4.36. The summed E-state index contributed by atoms with van der Waals surface area (Å²) in [5.41, 5.74) is 1.22. The highest BCUT2D eigenvalue weighted by molar-refractivity contribution is 7.84. The zero-order valence-electron chi connectivity index (χ0n) is 12.1. The second-order valence-corrected chi connectivity index (χ2v) is 6.57. The van der Waals surface area contributed by atoms with Gasteiger partial charge in [-0.2, -0.15) is 0 Å². The molecule has 0 fully saturated rings. The van der Waals surface area contributed by atoms with Gasteiger partial charge in [-0.15, -0.1) is 0 Å². The van der Waals surface area contributed by atoms with Crippen molar-refractivity contribution < 1.29 is 8.95 Å². The molecule has 0 aliphatic rings. The Morgan fingerprint density at radius 2 is 2.21 bits per heavy atom. The van der Waals surface area contributed by atoms with E-state index in [4.69, 9.17) is 4.74 Å². The number of nitrogens with one attached hydrogen (secondary N) is 1. The summed E-state index contributed by atoms with van der Waals surface area (Å²) in [5.74, 6) is 0.934. The monoisotopic (exact) mass is 283 g/mol. The van der Waals surface area contributed by atoms with Crippen LogP contribution in [0.4, 0.5) is 0 Å². The van der Waals surface area contributed by atoms with Crippen LogP contribution in [-0.4, -0.2) is 28.9 Å². The standard InChI is InChI=1S/C15H25NO2S/c1-4-10-18-15-7-5-6-14(11-15)12-16-9-8-13(2)19(3)17/h5-7,11,13,16H,4,8-10,12H2,1-3H3. The van der Waals surface area contributed by atoms with Gasteiger partial charge in [0.25, 0.3) is 0 Å². The lowest BCUT2D eigenvalue weighted by molar-refractivity contribution is 0.317. The van der Waals surface area contributed by atoms with Gasteiger partial charge < -0.3 is 10.1 Å². The second-order valence-electron chi connectivity index (χ2n) is 4.77. The normalized spacial score (nSPS) is 14.1. The molecule has 4 heteroatoms. The molecule has 0 bridgehead atoms. The lowest BCUT2D eigenvalue weighted by Crippen LogP contribution is -2.20. The van der Waals surface area contributed by atoms with Crippen molar-refractivity contribution in [3.05, 3.63) is 29.8 Å². The Morgan fingerprint density at radius 3 is 2.89 bits per heavy atom. The highest BCUT2D eigenvalue weighted by Crippen LogP contribution is 2.13. The molecule has 0 aromatic heterocycles. The lowest BCUT2D eigenvalue weighted by atomic mass is 10.2. The Hall–Kier alpha value is -0.870. The summed E-state index contributed by atoms with van der Waals surface area (Å²) in [4.78, 5) is 0. The second kappa shape index (κ2) is 9.10. The molecular formula is C15H25NO2S. The van der Waals surface area contributed by atoms with Crippen molar-refractivity contribution in [3.63, 3.8) is 0 Å². The van der Waals surface area contributed by atoms with Gasteiger partial charge in [0.2, 0.25) is 0 Å². The summed E-state index contributed by atoms with van der Waals surface area (Å²) in [6.45, 7) is 6.60. The lowest BCUT2D eigenvalue weighted by Gasteiger charge is -2.10. The van der Waals surface area contributed by atoms with Gasteiger partial charge in [-0.1, -0.05) is 26.0 Å². The summed E-state index contributed by atoms with van der Waals surface area (Å²) >= 11 is 0. The van der Waals surface area contributed by atoms with E-state index >= 15 is 0 Å². The molecule has 1 aromatic rings. The van der Waals surface area contributed by atoms with Gasteiger partial charge in [0, 0.05) is 28.9 Å². The number of hydrogen-bond donors (Lipinski definition) is 1. The van der Waals surface area contributed by atoms with Crippen molar-refractivity contribution in [2.45, 2.75) is 38.5 Å². The molecule has 1 aromatic carbocycles. The third kappa shape index (κ3) is 6.73. The van der Waals surface area contributed by atoms with Crippen LogP contribution in [0.5, 0.6) is 5.75 Å². The minimum absolute atomic E-state index is 0.256. The average Bonchev–Trinajstić information content (AvgIpc) is 2.41. The van der Waals surface area contributed by atoms with Gasteiger partial charge in [0.1, 0.15) is 5.75 Å². The van der Waals surface area contributed by atoms with Crippen molar-refractivity contribution in [2.75, 3.05) is 19.4 Å². The molecule has 0 aliphatic carbocycles. The van der Waals surface area contributed by atoms with Crippen LogP contribution in [-0.2, 0) is 17.3 Å². The zero-order chi connectivity index (χ0) is 14.1. The van der Waals surface area contributed by atoms with Crippen LogP contribution in [0.3, 0.4) is 0 Å². The summed E-state index contributed by atoms with van der Waals surface area (Å²) in [5, 5.41) is 3.64. The van der Waals surface area contributed by atoms with E-state index in [9.17, 15) is 4.21 Å². The Balaban J connectivity index is 2.30. The van der Waals surface area contributed by atoms with Crippen molar-refractivity contribution in [2.24, 2.45) is 0 Å². The molecule has 1 N–H and O–H groups in total. The summed E-state index contributed by atoms with van der Waals surface area (Å²) in [6, 6.07) is 8.17. The van der Waals surface area contributed by atoms with Crippen LogP contribution in [0, 0.1) is 0 Å². The molecule has 0 aliphatic heterocycles. The van der Waals surface area contributed by atoms with E-state index in [1.165, 1.54) is 5.56 Å². The van der Waals surface area contributed by atoms with Gasteiger partial charge >= 0.3 is 0 Å². The van der Waals surface area contributed by atoms with Crippen LogP contribution in [0.25, 0.3) is 0 Å². The molecule has 0 saturated carbocycles. The summed E-state index contributed by atoms with van der Waals surface area (Å²) in [6.07, 6.45) is 3.73. The van der Waals surface area contributed by atoms with Crippen LogP contribution >= 0.6 is 0 Å². The number of rotatable bonds is 9. The smallest absolute Gasteiger partial charge is 0.119 e. The molecule has 0 radical (unpaired) electrons. The summed E-state index contributed by atoms with van der Waals surface area (Å²) in [7, 11) is -0.726. The number of benzene rings is 1. The molecule has 2 unspecified atom stereocenters. The van der Waals surface area contributed by atoms with Gasteiger partial charge in [0.15, 0.2) is 0 Å². The molecule has 108 valence electrons. The molecule has 19 heavy (non-hydrogen) atoms. The quantitative estimate of drug-likeness (QED) is 0.708. The molecule has 3 nitrogen and oxygen atoms in total. The molecule has 2 atom stereocenters. The van der Waals surface area contributed by atoms with Crippen molar-refractivity contribution in [1.29, 1.82) is 0 Å². The summed E-state index contributed by atoms with van der Waals surface area (Å²) < 4.78 is 16.8. The first-order valence-corrected chi connectivity index (χ1v) is 8.50. The SMILES string of the molecule is CCCOc1cccc(CNCCC(C)S(C)=O)c1. The molecule has 0 heterocycles. The van der Waals surface area contributed by atoms with Crippen LogP contribution in [0.1, 0.15) is 32.3 Å². The van der Waals surface area contributed by atoms with E-state index < -0.39 is 10.8 Å². The van der Waals surface area contributed by atoms with Crippen LogP contribution < -0.4 is 10.1 Å². The fraction of sp³-hybridized carbons (Fsp3) is 0.600. The van der Waals surface area contributed by atoms with Crippen LogP contribution in [0.15, 0.2) is 24.3 Å². The molecular weight excluding hydrogens is 258 g/mol. The van der Waals surface area contributed by atoms with E-state index in [0.717, 1.165) is 38.3 Å². The van der Waals surface area contributed by atoms with E-state index in [2.05, 4.69) is 24.4 Å². The minimum atomic E-state index is -0.726. The third-order valence-electron chi connectivity index (χ3n) is 2.99. The number of ether oxygens (including phenoxy) is 1. The van der Waals surface area contributed by atoms with E-state index in [-0.39, 0.29) is 5.25 Å². The van der Waals surface area contributed by atoms with E-state index in [1.807, 2.05) is 19.1 Å². The first kappa shape index (κ1) is 16.2. The maximum atomic E-state index is 11.2. The molecule has 0 saturated heterocycles. The van der Waals surface area contributed by atoms with Crippen LogP contribution in [0.2, 0.25) is 0 Å². The van der Waals surface area contributed by atoms with Gasteiger partial charge in [0.05, 0.1) is 6.61 Å². The van der Waals surface area contributed by atoms with Crippen molar-refractivity contribution >= 4 is 10.8 Å². The Bertz CT molecular complexity index is 395. The highest BCUT2D eigenvalue weighted by atomic mass is 32.2. The first-order valence-electron chi connectivity index (χ1n) is 6.88. The maximum Gasteiger partial charge on any atom is 0.119 e. The fourth-order valence-electron chi connectivity index (χ4n) is 1.67. The Morgan fingerprint density at radius 1 is 1.42 bits per heavy atom. The minimum Gasteiger partial charge on any atom is -0.494 e. The highest BCUT2D eigenvalue weighted by Gasteiger charge is 2.05. The average molecular weight is 283 g/mol. The van der Waals surface area contributed by atoms with E-state index in [0.29, 0.717) is 0 Å². The topological polar surface area (TPSA) is 38.3 Å². The molecule has 0 amide bonds.